The smallest absolute Gasteiger partial charge is 0.397 e. The van der Waals surface area contributed by atoms with E-state index in [2.05, 4.69) is 10.1 Å². The fourth-order valence-electron chi connectivity index (χ4n) is 1.46. The van der Waals surface area contributed by atoms with Gasteiger partial charge in [0.25, 0.3) is 0 Å². The second-order valence-corrected chi connectivity index (χ2v) is 4.24. The Balaban J connectivity index is 2.55. The fraction of sp³-hybridized carbons (Fsp3) is 0.400. The largest absolute Gasteiger partial charge is 0.462 e. The van der Waals surface area contributed by atoms with Crippen molar-refractivity contribution in [1.29, 1.82) is 0 Å². The highest BCUT2D eigenvalue weighted by Gasteiger charge is 2.15. The first-order valence-corrected chi connectivity index (χ1v) is 6.83. The molecule has 0 aliphatic rings. The molecule has 1 rings (SSSR count). The molecule has 0 aliphatic carbocycles. The van der Waals surface area contributed by atoms with E-state index in [0.717, 1.165) is 12.8 Å². The Labute approximate surface area is 123 Å². The zero-order valence-corrected chi connectivity index (χ0v) is 12.2. The number of hydrogen-bond acceptors (Lipinski definition) is 5. The molecule has 0 aliphatic heterocycles. The average Bonchev–Trinajstić information content (AvgIpc) is 2.48. The number of nitrogens with one attached hydrogen (secondary N) is 1. The topological polar surface area (TPSA) is 81.7 Å². The Bertz CT molecular complexity index is 495. The van der Waals surface area contributed by atoms with Gasteiger partial charge in [-0.2, -0.15) is 0 Å². The molecule has 21 heavy (non-hydrogen) atoms. The van der Waals surface area contributed by atoms with E-state index >= 15 is 0 Å². The number of anilines is 1. The SMILES string of the molecule is CCCCOC(=O)c1ccc(NC(=O)C(=O)OCC)cc1. The zero-order chi connectivity index (χ0) is 15.7. The molecule has 0 aromatic heterocycles. The van der Waals surface area contributed by atoms with Crippen molar-refractivity contribution in [2.45, 2.75) is 26.7 Å². The van der Waals surface area contributed by atoms with E-state index in [1.54, 1.807) is 6.92 Å². The lowest BCUT2D eigenvalue weighted by atomic mass is 10.2. The van der Waals surface area contributed by atoms with Crippen LogP contribution in [0.4, 0.5) is 5.69 Å². The van der Waals surface area contributed by atoms with E-state index in [0.29, 0.717) is 17.9 Å². The van der Waals surface area contributed by atoms with Crippen molar-refractivity contribution >= 4 is 23.5 Å². The maximum Gasteiger partial charge on any atom is 0.397 e. The molecule has 0 saturated carbocycles. The summed E-state index contributed by atoms with van der Waals surface area (Å²) in [5.41, 5.74) is 0.790. The van der Waals surface area contributed by atoms with Crippen molar-refractivity contribution in [3.05, 3.63) is 29.8 Å². The van der Waals surface area contributed by atoms with Gasteiger partial charge in [-0.25, -0.2) is 9.59 Å². The van der Waals surface area contributed by atoms with Crippen LogP contribution in [0, 0.1) is 0 Å². The van der Waals surface area contributed by atoms with Crippen LogP contribution >= 0.6 is 0 Å². The van der Waals surface area contributed by atoms with Crippen LogP contribution < -0.4 is 5.32 Å². The average molecular weight is 293 g/mol. The van der Waals surface area contributed by atoms with Crippen molar-refractivity contribution in [2.24, 2.45) is 0 Å². The molecule has 1 aromatic carbocycles. The van der Waals surface area contributed by atoms with Gasteiger partial charge in [0.05, 0.1) is 18.8 Å². The molecular weight excluding hydrogens is 274 g/mol. The molecule has 0 unspecified atom stereocenters. The monoisotopic (exact) mass is 293 g/mol. The Morgan fingerprint density at radius 2 is 1.71 bits per heavy atom. The van der Waals surface area contributed by atoms with E-state index in [9.17, 15) is 14.4 Å². The number of hydrogen-bond donors (Lipinski definition) is 1. The number of unbranched alkanes of at least 4 members (excludes halogenated alkanes) is 1. The van der Waals surface area contributed by atoms with Gasteiger partial charge < -0.3 is 14.8 Å². The van der Waals surface area contributed by atoms with Crippen LogP contribution in [0.2, 0.25) is 0 Å². The first-order valence-electron chi connectivity index (χ1n) is 6.83. The van der Waals surface area contributed by atoms with Gasteiger partial charge in [-0.05, 0) is 37.6 Å². The molecule has 0 bridgehead atoms. The fourth-order valence-corrected chi connectivity index (χ4v) is 1.46. The first kappa shape index (κ1) is 16.7. The van der Waals surface area contributed by atoms with Gasteiger partial charge in [-0.3, -0.25) is 4.79 Å². The molecule has 114 valence electrons. The molecule has 0 saturated heterocycles. The van der Waals surface area contributed by atoms with E-state index in [1.165, 1.54) is 24.3 Å². The van der Waals surface area contributed by atoms with E-state index < -0.39 is 17.8 Å². The summed E-state index contributed by atoms with van der Waals surface area (Å²) < 4.78 is 9.63. The molecule has 0 radical (unpaired) electrons. The summed E-state index contributed by atoms with van der Waals surface area (Å²) in [5, 5.41) is 2.38. The molecule has 1 amide bonds. The molecule has 0 fully saturated rings. The Morgan fingerprint density at radius 1 is 1.05 bits per heavy atom. The van der Waals surface area contributed by atoms with Crippen molar-refractivity contribution in [3.8, 4) is 0 Å². The lowest BCUT2D eigenvalue weighted by Gasteiger charge is -2.06. The number of carbonyl (C=O) groups excluding carboxylic acids is 3. The van der Waals surface area contributed by atoms with Crippen LogP contribution in [0.3, 0.4) is 0 Å². The van der Waals surface area contributed by atoms with Gasteiger partial charge in [-0.15, -0.1) is 0 Å². The summed E-state index contributed by atoms with van der Waals surface area (Å²) >= 11 is 0. The zero-order valence-electron chi connectivity index (χ0n) is 12.2. The molecule has 0 heterocycles. The van der Waals surface area contributed by atoms with Gasteiger partial charge >= 0.3 is 17.8 Å². The molecular formula is C15H19NO5. The van der Waals surface area contributed by atoms with Gasteiger partial charge in [0, 0.05) is 5.69 Å². The van der Waals surface area contributed by atoms with Crippen molar-refractivity contribution < 1.29 is 23.9 Å². The third kappa shape index (κ3) is 5.64. The highest BCUT2D eigenvalue weighted by atomic mass is 16.5. The first-order chi connectivity index (χ1) is 10.1. The number of benzene rings is 1. The maximum atomic E-state index is 11.7. The predicted octanol–water partition coefficient (Wildman–Crippen LogP) is 2.15. The number of carbonyl (C=O) groups is 3. The third-order valence-corrected chi connectivity index (χ3v) is 2.57. The molecule has 1 aromatic rings. The second kappa shape index (κ2) is 8.73. The number of esters is 2. The van der Waals surface area contributed by atoms with Crippen LogP contribution in [0.15, 0.2) is 24.3 Å². The maximum absolute atomic E-state index is 11.7. The normalized spacial score (nSPS) is 9.81. The summed E-state index contributed by atoms with van der Waals surface area (Å²) in [6.07, 6.45) is 1.77. The summed E-state index contributed by atoms with van der Waals surface area (Å²) in [6.45, 7) is 4.14. The molecule has 1 N–H and O–H groups in total. The van der Waals surface area contributed by atoms with E-state index in [1.807, 2.05) is 6.92 Å². The third-order valence-electron chi connectivity index (χ3n) is 2.57. The van der Waals surface area contributed by atoms with Crippen LogP contribution in [-0.2, 0) is 19.1 Å². The number of ether oxygens (including phenoxy) is 2. The Morgan fingerprint density at radius 3 is 2.29 bits per heavy atom. The highest BCUT2D eigenvalue weighted by Crippen LogP contribution is 2.11. The molecule has 6 nitrogen and oxygen atoms in total. The van der Waals surface area contributed by atoms with Crippen molar-refractivity contribution in [3.63, 3.8) is 0 Å². The number of rotatable bonds is 6. The minimum absolute atomic E-state index is 0.134. The van der Waals surface area contributed by atoms with Crippen LogP contribution in [-0.4, -0.2) is 31.1 Å². The summed E-state index contributed by atoms with van der Waals surface area (Å²) in [5.74, 6) is -2.21. The minimum Gasteiger partial charge on any atom is -0.462 e. The summed E-state index contributed by atoms with van der Waals surface area (Å²) in [6, 6.07) is 6.09. The van der Waals surface area contributed by atoms with Crippen LogP contribution in [0.1, 0.15) is 37.0 Å². The minimum atomic E-state index is -0.944. The van der Waals surface area contributed by atoms with E-state index in [4.69, 9.17) is 4.74 Å². The quantitative estimate of drug-likeness (QED) is 0.493. The van der Waals surface area contributed by atoms with Gasteiger partial charge in [0.2, 0.25) is 0 Å². The Kier molecular flexibility index (Phi) is 6.94. The van der Waals surface area contributed by atoms with Gasteiger partial charge in [-0.1, -0.05) is 13.3 Å². The number of amides is 1. The predicted molar refractivity (Wildman–Crippen MR) is 76.9 cm³/mol. The van der Waals surface area contributed by atoms with E-state index in [-0.39, 0.29) is 6.61 Å². The standard InChI is InChI=1S/C15H19NO5/c1-3-5-10-21-14(18)11-6-8-12(9-7-11)16-13(17)15(19)20-4-2/h6-9H,3-5,10H2,1-2H3,(H,16,17). The molecule has 6 heteroatoms. The second-order valence-electron chi connectivity index (χ2n) is 4.24. The highest BCUT2D eigenvalue weighted by molar-refractivity contribution is 6.37. The van der Waals surface area contributed by atoms with Crippen molar-refractivity contribution in [1.82, 2.24) is 0 Å². The summed E-state index contributed by atoms with van der Waals surface area (Å²) in [7, 11) is 0. The summed E-state index contributed by atoms with van der Waals surface area (Å²) in [4.78, 5) is 34.2. The van der Waals surface area contributed by atoms with Crippen LogP contribution in [0.25, 0.3) is 0 Å². The Hall–Kier alpha value is -2.37. The molecule has 0 spiro atoms. The lowest BCUT2D eigenvalue weighted by molar-refractivity contribution is -0.152. The molecule has 0 atom stereocenters. The van der Waals surface area contributed by atoms with Gasteiger partial charge in [0.1, 0.15) is 0 Å². The van der Waals surface area contributed by atoms with Gasteiger partial charge in [0.15, 0.2) is 0 Å². The lowest BCUT2D eigenvalue weighted by Crippen LogP contribution is -2.24. The van der Waals surface area contributed by atoms with Crippen LogP contribution in [0.5, 0.6) is 0 Å². The van der Waals surface area contributed by atoms with Crippen molar-refractivity contribution in [2.75, 3.05) is 18.5 Å².